The minimum Gasteiger partial charge on any atom is -0.496 e. The van der Waals surface area contributed by atoms with Gasteiger partial charge in [0.2, 0.25) is 0 Å². The van der Waals surface area contributed by atoms with Crippen molar-refractivity contribution in [3.8, 4) is 5.75 Å². The lowest BCUT2D eigenvalue weighted by atomic mass is 10.1. The highest BCUT2D eigenvalue weighted by atomic mass is 16.5. The summed E-state index contributed by atoms with van der Waals surface area (Å²) in [5, 5.41) is 7.92. The Labute approximate surface area is 120 Å². The van der Waals surface area contributed by atoms with Crippen LogP contribution in [0, 0.1) is 6.92 Å². The van der Waals surface area contributed by atoms with Crippen molar-refractivity contribution in [1.82, 2.24) is 15.1 Å². The lowest BCUT2D eigenvalue weighted by molar-refractivity contribution is 0.409. The van der Waals surface area contributed by atoms with Crippen LogP contribution in [0.4, 0.5) is 0 Å². The van der Waals surface area contributed by atoms with Gasteiger partial charge in [0.05, 0.1) is 18.5 Å². The Morgan fingerprint density at radius 3 is 2.85 bits per heavy atom. The third-order valence-corrected chi connectivity index (χ3v) is 3.35. The van der Waals surface area contributed by atoms with Crippen LogP contribution in [0.2, 0.25) is 0 Å². The first-order valence-corrected chi connectivity index (χ1v) is 7.10. The minimum atomic E-state index is 0.851. The predicted octanol–water partition coefficient (Wildman–Crippen LogP) is 2.55. The van der Waals surface area contributed by atoms with Crippen LogP contribution in [0.1, 0.15) is 23.9 Å². The molecule has 0 atom stereocenters. The molecule has 0 bridgehead atoms. The van der Waals surface area contributed by atoms with Gasteiger partial charge in [0.1, 0.15) is 5.75 Å². The second-order valence-corrected chi connectivity index (χ2v) is 4.83. The van der Waals surface area contributed by atoms with E-state index in [2.05, 4.69) is 29.5 Å². The highest BCUT2D eigenvalue weighted by Crippen LogP contribution is 2.17. The maximum absolute atomic E-state index is 5.36. The van der Waals surface area contributed by atoms with Crippen LogP contribution in [-0.4, -0.2) is 23.4 Å². The average Bonchev–Trinajstić information content (AvgIpc) is 2.84. The Kier molecular flexibility index (Phi) is 5.18. The van der Waals surface area contributed by atoms with Crippen molar-refractivity contribution in [2.45, 2.75) is 33.4 Å². The number of hydrogen-bond donors (Lipinski definition) is 1. The van der Waals surface area contributed by atoms with Gasteiger partial charge in [0, 0.05) is 13.1 Å². The fourth-order valence-corrected chi connectivity index (χ4v) is 2.36. The molecule has 0 aliphatic rings. The molecule has 20 heavy (non-hydrogen) atoms. The smallest absolute Gasteiger partial charge is 0.122 e. The van der Waals surface area contributed by atoms with E-state index >= 15 is 0 Å². The normalized spacial score (nSPS) is 10.8. The summed E-state index contributed by atoms with van der Waals surface area (Å²) in [5.74, 6) is 0.962. The van der Waals surface area contributed by atoms with Crippen LogP contribution in [0.5, 0.6) is 5.75 Å². The second kappa shape index (κ2) is 7.10. The standard InChI is InChI=1S/C16H23N3O/c1-4-19-15(11-13(2)18-19)12-17-10-9-14-7-5-6-8-16(14)20-3/h5-8,11,17H,4,9-10,12H2,1-3H3. The van der Waals surface area contributed by atoms with Crippen LogP contribution >= 0.6 is 0 Å². The summed E-state index contributed by atoms with van der Waals surface area (Å²) in [4.78, 5) is 0. The molecule has 2 rings (SSSR count). The highest BCUT2D eigenvalue weighted by molar-refractivity contribution is 5.33. The van der Waals surface area contributed by atoms with Crippen molar-refractivity contribution in [1.29, 1.82) is 0 Å². The van der Waals surface area contributed by atoms with Gasteiger partial charge in [-0.3, -0.25) is 4.68 Å². The number of ether oxygens (including phenoxy) is 1. The van der Waals surface area contributed by atoms with Crippen molar-refractivity contribution in [3.63, 3.8) is 0 Å². The van der Waals surface area contributed by atoms with Gasteiger partial charge in [0.15, 0.2) is 0 Å². The number of hydrogen-bond acceptors (Lipinski definition) is 3. The predicted molar refractivity (Wildman–Crippen MR) is 81.0 cm³/mol. The van der Waals surface area contributed by atoms with Gasteiger partial charge in [-0.05, 0) is 44.5 Å². The Balaban J connectivity index is 1.84. The van der Waals surface area contributed by atoms with Crippen molar-refractivity contribution < 1.29 is 4.74 Å². The Hall–Kier alpha value is -1.81. The number of aryl methyl sites for hydroxylation is 2. The van der Waals surface area contributed by atoms with E-state index in [1.165, 1.54) is 11.3 Å². The van der Waals surface area contributed by atoms with Gasteiger partial charge in [-0.1, -0.05) is 18.2 Å². The number of methoxy groups -OCH3 is 1. The van der Waals surface area contributed by atoms with Gasteiger partial charge < -0.3 is 10.1 Å². The number of nitrogens with one attached hydrogen (secondary N) is 1. The first kappa shape index (κ1) is 14.6. The van der Waals surface area contributed by atoms with Gasteiger partial charge >= 0.3 is 0 Å². The molecule has 108 valence electrons. The molecule has 1 aromatic heterocycles. The van der Waals surface area contributed by atoms with Gasteiger partial charge in [-0.15, -0.1) is 0 Å². The third kappa shape index (κ3) is 3.61. The molecule has 0 radical (unpaired) electrons. The molecule has 0 saturated heterocycles. The molecule has 0 spiro atoms. The number of benzene rings is 1. The minimum absolute atomic E-state index is 0.851. The van der Waals surface area contributed by atoms with E-state index in [9.17, 15) is 0 Å². The lowest BCUT2D eigenvalue weighted by Crippen LogP contribution is -2.19. The summed E-state index contributed by atoms with van der Waals surface area (Å²) < 4.78 is 7.41. The van der Waals surface area contributed by atoms with Gasteiger partial charge in [-0.2, -0.15) is 5.10 Å². The molecule has 0 amide bonds. The zero-order chi connectivity index (χ0) is 14.4. The van der Waals surface area contributed by atoms with Crippen molar-refractivity contribution in [3.05, 3.63) is 47.3 Å². The van der Waals surface area contributed by atoms with Crippen LogP contribution in [0.25, 0.3) is 0 Å². The molecular weight excluding hydrogens is 250 g/mol. The van der Waals surface area contributed by atoms with Crippen molar-refractivity contribution >= 4 is 0 Å². The van der Waals surface area contributed by atoms with Crippen LogP contribution in [-0.2, 0) is 19.5 Å². The number of aromatic nitrogens is 2. The molecule has 1 aromatic carbocycles. The fraction of sp³-hybridized carbons (Fsp3) is 0.438. The summed E-state index contributed by atoms with van der Waals surface area (Å²) in [6.45, 7) is 6.84. The number of para-hydroxylation sites is 1. The molecule has 4 heteroatoms. The Morgan fingerprint density at radius 1 is 1.30 bits per heavy atom. The van der Waals surface area contributed by atoms with E-state index < -0.39 is 0 Å². The largest absolute Gasteiger partial charge is 0.496 e. The maximum atomic E-state index is 5.36. The van der Waals surface area contributed by atoms with Crippen molar-refractivity contribution in [2.75, 3.05) is 13.7 Å². The average molecular weight is 273 g/mol. The molecule has 4 nitrogen and oxygen atoms in total. The zero-order valence-electron chi connectivity index (χ0n) is 12.5. The van der Waals surface area contributed by atoms with E-state index in [0.717, 1.165) is 37.5 Å². The second-order valence-electron chi connectivity index (χ2n) is 4.83. The zero-order valence-corrected chi connectivity index (χ0v) is 12.5. The highest BCUT2D eigenvalue weighted by Gasteiger charge is 2.04. The quantitative estimate of drug-likeness (QED) is 0.788. The van der Waals surface area contributed by atoms with Crippen LogP contribution < -0.4 is 10.1 Å². The van der Waals surface area contributed by atoms with E-state index in [0.29, 0.717) is 0 Å². The monoisotopic (exact) mass is 273 g/mol. The van der Waals surface area contributed by atoms with E-state index in [1.807, 2.05) is 29.8 Å². The number of rotatable bonds is 7. The molecule has 0 aliphatic carbocycles. The SMILES string of the molecule is CCn1nc(C)cc1CNCCc1ccccc1OC. The molecule has 2 aromatic rings. The summed E-state index contributed by atoms with van der Waals surface area (Å²) in [7, 11) is 1.72. The molecule has 1 N–H and O–H groups in total. The van der Waals surface area contributed by atoms with E-state index in [-0.39, 0.29) is 0 Å². The van der Waals surface area contributed by atoms with E-state index in [1.54, 1.807) is 7.11 Å². The van der Waals surface area contributed by atoms with Crippen LogP contribution in [0.3, 0.4) is 0 Å². The van der Waals surface area contributed by atoms with Gasteiger partial charge in [0.25, 0.3) is 0 Å². The molecular formula is C16H23N3O. The van der Waals surface area contributed by atoms with Crippen molar-refractivity contribution in [2.24, 2.45) is 0 Å². The topological polar surface area (TPSA) is 39.1 Å². The first-order chi connectivity index (χ1) is 9.74. The third-order valence-electron chi connectivity index (χ3n) is 3.35. The summed E-state index contributed by atoms with van der Waals surface area (Å²) in [6.07, 6.45) is 0.962. The summed E-state index contributed by atoms with van der Waals surface area (Å²) in [5.41, 5.74) is 3.56. The molecule has 1 heterocycles. The molecule has 0 aliphatic heterocycles. The molecule has 0 unspecified atom stereocenters. The lowest BCUT2D eigenvalue weighted by Gasteiger charge is -2.09. The first-order valence-electron chi connectivity index (χ1n) is 7.10. The maximum Gasteiger partial charge on any atom is 0.122 e. The summed E-state index contributed by atoms with van der Waals surface area (Å²) in [6, 6.07) is 10.3. The molecule has 0 saturated carbocycles. The van der Waals surface area contributed by atoms with Crippen LogP contribution in [0.15, 0.2) is 30.3 Å². The van der Waals surface area contributed by atoms with E-state index in [4.69, 9.17) is 4.74 Å². The Morgan fingerprint density at radius 2 is 2.10 bits per heavy atom. The fourth-order valence-electron chi connectivity index (χ4n) is 2.36. The molecule has 0 fully saturated rings. The Bertz CT molecular complexity index is 548. The number of nitrogens with zero attached hydrogens (tertiary/aromatic N) is 2. The van der Waals surface area contributed by atoms with Gasteiger partial charge in [-0.25, -0.2) is 0 Å². The summed E-state index contributed by atoms with van der Waals surface area (Å²) >= 11 is 0.